The molecule has 0 aliphatic carbocycles. The van der Waals surface area contributed by atoms with E-state index in [1.54, 1.807) is 0 Å². The van der Waals surface area contributed by atoms with E-state index in [4.69, 9.17) is 5.11 Å². The van der Waals surface area contributed by atoms with Crippen molar-refractivity contribution in [1.29, 1.82) is 0 Å². The van der Waals surface area contributed by atoms with Gasteiger partial charge in [0.1, 0.15) is 5.75 Å². The van der Waals surface area contributed by atoms with Crippen LogP contribution in [0.2, 0.25) is 0 Å². The van der Waals surface area contributed by atoms with Crippen LogP contribution in [-0.2, 0) is 10.0 Å². The molecule has 0 amide bonds. The van der Waals surface area contributed by atoms with E-state index in [0.29, 0.717) is 5.56 Å². The van der Waals surface area contributed by atoms with Gasteiger partial charge in [-0.15, -0.1) is 0 Å². The Morgan fingerprint density at radius 2 is 1.77 bits per heavy atom. The number of rotatable bonds is 6. The van der Waals surface area contributed by atoms with Crippen LogP contribution in [0.25, 0.3) is 0 Å². The number of aryl methyl sites for hydroxylation is 1. The zero-order valence-electron chi connectivity index (χ0n) is 13.4. The van der Waals surface area contributed by atoms with Crippen molar-refractivity contribution in [3.63, 3.8) is 0 Å². The zero-order valence-corrected chi connectivity index (χ0v) is 14.2. The van der Waals surface area contributed by atoms with Crippen LogP contribution in [0, 0.1) is 6.92 Å². The maximum absolute atomic E-state index is 12.3. The van der Waals surface area contributed by atoms with Gasteiger partial charge in [0.15, 0.2) is 6.61 Å². The third-order valence-electron chi connectivity index (χ3n) is 3.26. The maximum atomic E-state index is 12.3. The smallest absolute Gasteiger partial charge is 0.422 e. The Morgan fingerprint density at radius 3 is 2.31 bits per heavy atom. The summed E-state index contributed by atoms with van der Waals surface area (Å²) in [5, 5.41) is 9.07. The number of anilines is 1. The van der Waals surface area contributed by atoms with Crippen molar-refractivity contribution >= 4 is 21.7 Å². The molecule has 0 radical (unpaired) electrons. The van der Waals surface area contributed by atoms with Crippen LogP contribution < -0.4 is 9.46 Å². The molecular formula is C16H14F3NO5S. The van der Waals surface area contributed by atoms with Crippen LogP contribution in [-0.4, -0.2) is 32.3 Å². The zero-order chi connectivity index (χ0) is 19.5. The van der Waals surface area contributed by atoms with E-state index >= 15 is 0 Å². The van der Waals surface area contributed by atoms with Crippen molar-refractivity contribution in [2.45, 2.75) is 18.0 Å². The van der Waals surface area contributed by atoms with E-state index in [9.17, 15) is 26.4 Å². The summed E-state index contributed by atoms with van der Waals surface area (Å²) in [5.74, 6) is -1.33. The Bertz CT molecular complexity index is 908. The Morgan fingerprint density at radius 1 is 1.15 bits per heavy atom. The number of halogens is 3. The lowest BCUT2D eigenvalue weighted by molar-refractivity contribution is -0.153. The van der Waals surface area contributed by atoms with Gasteiger partial charge in [-0.3, -0.25) is 4.72 Å². The summed E-state index contributed by atoms with van der Waals surface area (Å²) < 4.78 is 67.7. The molecule has 0 spiro atoms. The Balaban J connectivity index is 2.17. The van der Waals surface area contributed by atoms with E-state index in [2.05, 4.69) is 9.46 Å². The first kappa shape index (κ1) is 19.6. The van der Waals surface area contributed by atoms with E-state index in [1.165, 1.54) is 43.3 Å². The topological polar surface area (TPSA) is 92.7 Å². The van der Waals surface area contributed by atoms with Crippen molar-refractivity contribution in [3.8, 4) is 5.75 Å². The summed E-state index contributed by atoms with van der Waals surface area (Å²) in [6.07, 6.45) is -4.48. The Labute approximate surface area is 147 Å². The van der Waals surface area contributed by atoms with Crippen molar-refractivity contribution in [3.05, 3.63) is 53.6 Å². The molecule has 0 saturated carbocycles. The number of sulfonamides is 1. The SMILES string of the molecule is Cc1ccc(S(=O)(=O)Nc2ccc(OCC(F)(F)F)cc2)cc1C(=O)O. The molecule has 0 unspecified atom stereocenters. The summed E-state index contributed by atoms with van der Waals surface area (Å²) in [7, 11) is -4.07. The minimum atomic E-state index is -4.48. The van der Waals surface area contributed by atoms with Gasteiger partial charge in [-0.25, -0.2) is 13.2 Å². The molecule has 0 aliphatic heterocycles. The van der Waals surface area contributed by atoms with Gasteiger partial charge in [0.05, 0.1) is 10.5 Å². The molecule has 0 heterocycles. The molecule has 0 saturated heterocycles. The van der Waals surface area contributed by atoms with Gasteiger partial charge in [0.25, 0.3) is 10.0 Å². The number of carboxylic acids is 1. The van der Waals surface area contributed by atoms with Crippen molar-refractivity contribution in [1.82, 2.24) is 0 Å². The van der Waals surface area contributed by atoms with Gasteiger partial charge in [-0.2, -0.15) is 13.2 Å². The molecule has 6 nitrogen and oxygen atoms in total. The number of carbonyl (C=O) groups is 1. The second-order valence-corrected chi connectivity index (χ2v) is 7.00. The average molecular weight is 389 g/mol. The lowest BCUT2D eigenvalue weighted by Gasteiger charge is -2.11. The number of alkyl halides is 3. The third kappa shape index (κ3) is 5.12. The molecule has 2 rings (SSSR count). The molecule has 0 aliphatic rings. The average Bonchev–Trinajstić information content (AvgIpc) is 2.53. The minimum Gasteiger partial charge on any atom is -0.484 e. The Kier molecular flexibility index (Phi) is 5.45. The van der Waals surface area contributed by atoms with Gasteiger partial charge < -0.3 is 9.84 Å². The molecule has 26 heavy (non-hydrogen) atoms. The van der Waals surface area contributed by atoms with Crippen molar-refractivity contribution in [2.24, 2.45) is 0 Å². The molecule has 2 N–H and O–H groups in total. The normalized spacial score (nSPS) is 11.8. The molecule has 2 aromatic rings. The first-order valence-electron chi connectivity index (χ1n) is 7.14. The van der Waals surface area contributed by atoms with Crippen molar-refractivity contribution in [2.75, 3.05) is 11.3 Å². The summed E-state index contributed by atoms with van der Waals surface area (Å²) in [5.41, 5.74) is 0.341. The summed E-state index contributed by atoms with van der Waals surface area (Å²) in [4.78, 5) is 10.9. The standard InChI is InChI=1S/C16H14F3NO5S/c1-10-2-7-13(8-14(10)15(21)22)26(23,24)20-11-3-5-12(6-4-11)25-9-16(17,18)19/h2-8,20H,9H2,1H3,(H,21,22). The van der Waals surface area contributed by atoms with Gasteiger partial charge in [0.2, 0.25) is 0 Å². The van der Waals surface area contributed by atoms with Crippen LogP contribution in [0.4, 0.5) is 18.9 Å². The highest BCUT2D eigenvalue weighted by Gasteiger charge is 2.28. The van der Waals surface area contributed by atoms with Gasteiger partial charge >= 0.3 is 12.1 Å². The van der Waals surface area contributed by atoms with Crippen LogP contribution in [0.1, 0.15) is 15.9 Å². The predicted molar refractivity (Wildman–Crippen MR) is 86.9 cm³/mol. The fraction of sp³-hybridized carbons (Fsp3) is 0.188. The minimum absolute atomic E-state index is 0.0752. The lowest BCUT2D eigenvalue weighted by atomic mass is 10.1. The summed E-state index contributed by atoms with van der Waals surface area (Å²) in [6.45, 7) is 0.0758. The number of ether oxygens (including phenoxy) is 1. The van der Waals surface area contributed by atoms with Crippen LogP contribution in [0.3, 0.4) is 0 Å². The molecule has 10 heteroatoms. The predicted octanol–water partition coefficient (Wildman–Crippen LogP) is 3.44. The number of hydrogen-bond donors (Lipinski definition) is 2. The van der Waals surface area contributed by atoms with Gasteiger partial charge in [-0.05, 0) is 48.9 Å². The molecular weight excluding hydrogens is 375 g/mol. The van der Waals surface area contributed by atoms with Gasteiger partial charge in [-0.1, -0.05) is 6.07 Å². The molecule has 2 aromatic carbocycles. The quantitative estimate of drug-likeness (QED) is 0.790. The molecule has 0 atom stereocenters. The van der Waals surface area contributed by atoms with Crippen LogP contribution >= 0.6 is 0 Å². The highest BCUT2D eigenvalue weighted by Crippen LogP contribution is 2.23. The lowest BCUT2D eigenvalue weighted by Crippen LogP contribution is -2.19. The number of nitrogens with one attached hydrogen (secondary N) is 1. The number of benzene rings is 2. The second kappa shape index (κ2) is 7.24. The molecule has 0 bridgehead atoms. The second-order valence-electron chi connectivity index (χ2n) is 5.32. The number of hydrogen-bond acceptors (Lipinski definition) is 4. The molecule has 0 aromatic heterocycles. The molecule has 140 valence electrons. The van der Waals surface area contributed by atoms with Crippen LogP contribution in [0.5, 0.6) is 5.75 Å². The van der Waals surface area contributed by atoms with E-state index < -0.39 is 28.8 Å². The molecule has 0 fully saturated rings. The number of carboxylic acid groups (broad SMARTS) is 1. The highest BCUT2D eigenvalue weighted by molar-refractivity contribution is 7.92. The summed E-state index contributed by atoms with van der Waals surface area (Å²) >= 11 is 0. The van der Waals surface area contributed by atoms with Crippen LogP contribution in [0.15, 0.2) is 47.4 Å². The van der Waals surface area contributed by atoms with Crippen molar-refractivity contribution < 1.29 is 36.2 Å². The third-order valence-corrected chi connectivity index (χ3v) is 4.64. The van der Waals surface area contributed by atoms with E-state index in [1.807, 2.05) is 0 Å². The monoisotopic (exact) mass is 389 g/mol. The fourth-order valence-corrected chi connectivity index (χ4v) is 3.08. The van der Waals surface area contributed by atoms with E-state index in [0.717, 1.165) is 6.07 Å². The number of aromatic carboxylic acids is 1. The highest BCUT2D eigenvalue weighted by atomic mass is 32.2. The first-order chi connectivity index (χ1) is 12.0. The fourth-order valence-electron chi connectivity index (χ4n) is 2.00. The largest absolute Gasteiger partial charge is 0.484 e. The summed E-state index contributed by atoms with van der Waals surface area (Å²) in [6, 6.07) is 8.48. The first-order valence-corrected chi connectivity index (χ1v) is 8.63. The van der Waals surface area contributed by atoms with E-state index in [-0.39, 0.29) is 21.9 Å². The van der Waals surface area contributed by atoms with Gasteiger partial charge in [0, 0.05) is 5.69 Å². The Hall–Kier alpha value is -2.75. The maximum Gasteiger partial charge on any atom is 0.422 e.